The van der Waals surface area contributed by atoms with Gasteiger partial charge in [-0.05, 0) is 38.0 Å². The Morgan fingerprint density at radius 1 is 1.33 bits per heavy atom. The van der Waals surface area contributed by atoms with E-state index in [9.17, 15) is 4.79 Å². The second kappa shape index (κ2) is 6.71. The monoisotopic (exact) mass is 329 g/mol. The zero-order valence-electron chi connectivity index (χ0n) is 14.5. The van der Waals surface area contributed by atoms with Gasteiger partial charge in [0, 0.05) is 44.1 Å². The van der Waals surface area contributed by atoms with Crippen molar-refractivity contribution in [3.8, 4) is 0 Å². The molecule has 4 rings (SSSR count). The van der Waals surface area contributed by atoms with Crippen LogP contribution in [0.3, 0.4) is 0 Å². The average molecular weight is 329 g/mol. The van der Waals surface area contributed by atoms with Crippen molar-refractivity contribution in [2.24, 2.45) is 11.8 Å². The van der Waals surface area contributed by atoms with Crippen molar-refractivity contribution in [1.29, 1.82) is 0 Å². The second-order valence-corrected chi connectivity index (χ2v) is 7.53. The van der Waals surface area contributed by atoms with E-state index in [0.29, 0.717) is 19.1 Å². The lowest BCUT2D eigenvalue weighted by atomic mass is 9.90. The van der Waals surface area contributed by atoms with Crippen molar-refractivity contribution >= 4 is 5.91 Å². The van der Waals surface area contributed by atoms with Gasteiger partial charge in [-0.1, -0.05) is 12.2 Å². The van der Waals surface area contributed by atoms with Crippen LogP contribution in [0, 0.1) is 11.8 Å². The predicted molar refractivity (Wildman–Crippen MR) is 91.5 cm³/mol. The Morgan fingerprint density at radius 3 is 2.92 bits per heavy atom. The van der Waals surface area contributed by atoms with E-state index in [0.717, 1.165) is 38.3 Å². The first-order chi connectivity index (χ1) is 11.8. The molecular weight excluding hydrogens is 302 g/mol. The average Bonchev–Trinajstić information content (AvgIpc) is 3.34. The number of fused-ring (bicyclic) bond motifs is 1. The Balaban J connectivity index is 1.54. The lowest BCUT2D eigenvalue weighted by Crippen LogP contribution is -2.43. The molecule has 5 heteroatoms. The Bertz CT molecular complexity index is 633. The quantitative estimate of drug-likeness (QED) is 0.781. The molecule has 0 unspecified atom stereocenters. The van der Waals surface area contributed by atoms with Crippen LogP contribution < -0.4 is 0 Å². The number of carbonyl (C=O) groups is 1. The first kappa shape index (κ1) is 15.9. The van der Waals surface area contributed by atoms with Crippen LogP contribution in [0.25, 0.3) is 0 Å². The highest BCUT2D eigenvalue weighted by atomic mass is 16.5. The van der Waals surface area contributed by atoms with Gasteiger partial charge in [0.05, 0.1) is 18.5 Å². The van der Waals surface area contributed by atoms with Crippen molar-refractivity contribution in [3.05, 3.63) is 29.6 Å². The molecule has 0 spiro atoms. The minimum Gasteiger partial charge on any atom is -0.384 e. The zero-order chi connectivity index (χ0) is 16.5. The largest absolute Gasteiger partial charge is 0.384 e. The molecular formula is C19H27N3O2. The van der Waals surface area contributed by atoms with Gasteiger partial charge in [0.1, 0.15) is 0 Å². The van der Waals surface area contributed by atoms with Crippen LogP contribution in [-0.4, -0.2) is 40.8 Å². The van der Waals surface area contributed by atoms with Crippen LogP contribution >= 0.6 is 0 Å². The molecule has 24 heavy (non-hydrogen) atoms. The molecule has 1 aliphatic heterocycles. The number of carbonyl (C=O) groups excluding carboxylic acids is 1. The number of nitrogens with zero attached hydrogens (tertiary/aromatic N) is 3. The first-order valence-corrected chi connectivity index (χ1v) is 9.23. The van der Waals surface area contributed by atoms with Gasteiger partial charge < -0.3 is 9.64 Å². The number of hydrogen-bond acceptors (Lipinski definition) is 3. The number of amides is 1. The Kier molecular flexibility index (Phi) is 4.44. The summed E-state index contributed by atoms with van der Waals surface area (Å²) in [5.74, 6) is 1.50. The van der Waals surface area contributed by atoms with Gasteiger partial charge >= 0.3 is 0 Å². The lowest BCUT2D eigenvalue weighted by Gasteiger charge is -2.35. The maximum atomic E-state index is 12.9. The second-order valence-electron chi connectivity index (χ2n) is 7.53. The summed E-state index contributed by atoms with van der Waals surface area (Å²) in [4.78, 5) is 15.0. The summed E-state index contributed by atoms with van der Waals surface area (Å²) < 4.78 is 7.65. The molecule has 1 fully saturated rings. The van der Waals surface area contributed by atoms with Gasteiger partial charge in [-0.25, -0.2) is 0 Å². The van der Waals surface area contributed by atoms with Gasteiger partial charge in [0.25, 0.3) is 0 Å². The van der Waals surface area contributed by atoms with Crippen LogP contribution in [0.2, 0.25) is 0 Å². The summed E-state index contributed by atoms with van der Waals surface area (Å²) in [5.41, 5.74) is 2.51. The van der Waals surface area contributed by atoms with E-state index < -0.39 is 0 Å². The lowest BCUT2D eigenvalue weighted by molar-refractivity contribution is -0.137. The highest BCUT2D eigenvalue weighted by molar-refractivity contribution is 5.79. The van der Waals surface area contributed by atoms with Crippen LogP contribution in [0.5, 0.6) is 0 Å². The highest BCUT2D eigenvalue weighted by Gasteiger charge is 2.35. The van der Waals surface area contributed by atoms with Gasteiger partial charge in [-0.3, -0.25) is 9.48 Å². The number of allylic oxidation sites excluding steroid dienone is 2. The third kappa shape index (κ3) is 3.14. The number of ether oxygens (including phenoxy) is 1. The van der Waals surface area contributed by atoms with E-state index in [4.69, 9.17) is 4.74 Å². The van der Waals surface area contributed by atoms with Crippen molar-refractivity contribution in [3.63, 3.8) is 0 Å². The standard InChI is InChI=1S/C19H27N3O2/c1-24-13-17-12-21(19(23)15-5-3-2-4-6-15)11-16-9-20-22(18(16)17)10-14-7-8-14/h2-3,9,14-15,17H,4-8,10-13H2,1H3/t15-,17+/m0/s1. The molecule has 0 bridgehead atoms. The molecule has 1 amide bonds. The highest BCUT2D eigenvalue weighted by Crippen LogP contribution is 2.35. The molecule has 0 saturated heterocycles. The van der Waals surface area contributed by atoms with Crippen molar-refractivity contribution < 1.29 is 9.53 Å². The summed E-state index contributed by atoms with van der Waals surface area (Å²) >= 11 is 0. The van der Waals surface area contributed by atoms with E-state index in [1.165, 1.54) is 24.1 Å². The molecule has 2 aliphatic carbocycles. The topological polar surface area (TPSA) is 47.4 Å². The summed E-state index contributed by atoms with van der Waals surface area (Å²) in [6, 6.07) is 0. The van der Waals surface area contributed by atoms with Gasteiger partial charge in [-0.2, -0.15) is 5.10 Å². The number of rotatable bonds is 5. The molecule has 0 aromatic carbocycles. The van der Waals surface area contributed by atoms with Crippen LogP contribution in [0.1, 0.15) is 49.3 Å². The fourth-order valence-electron chi connectivity index (χ4n) is 4.12. The molecule has 2 heterocycles. The maximum absolute atomic E-state index is 12.9. The van der Waals surface area contributed by atoms with E-state index in [2.05, 4.69) is 21.9 Å². The Morgan fingerprint density at radius 2 is 2.21 bits per heavy atom. The SMILES string of the molecule is COC[C@H]1CN(C(=O)[C@H]2CC=CCC2)Cc2cnn(CC3CC3)c21. The summed E-state index contributed by atoms with van der Waals surface area (Å²) in [5, 5.41) is 4.63. The minimum atomic E-state index is 0.154. The fourth-order valence-corrected chi connectivity index (χ4v) is 4.12. The van der Waals surface area contributed by atoms with E-state index in [1.807, 2.05) is 11.1 Å². The van der Waals surface area contributed by atoms with E-state index in [1.54, 1.807) is 7.11 Å². The number of methoxy groups -OCH3 is 1. The van der Waals surface area contributed by atoms with Crippen LogP contribution in [0.4, 0.5) is 0 Å². The summed E-state index contributed by atoms with van der Waals surface area (Å²) in [6.45, 7) is 3.14. The normalized spacial score (nSPS) is 26.5. The van der Waals surface area contributed by atoms with E-state index in [-0.39, 0.29) is 11.8 Å². The predicted octanol–water partition coefficient (Wildman–Crippen LogP) is 2.72. The molecule has 1 aromatic rings. The zero-order valence-corrected chi connectivity index (χ0v) is 14.5. The van der Waals surface area contributed by atoms with Crippen LogP contribution in [-0.2, 0) is 22.6 Å². The molecule has 0 radical (unpaired) electrons. The summed E-state index contributed by atoms with van der Waals surface area (Å²) in [6.07, 6.45) is 11.9. The fraction of sp³-hybridized carbons (Fsp3) is 0.684. The van der Waals surface area contributed by atoms with Crippen molar-refractivity contribution in [2.45, 2.75) is 51.1 Å². The summed E-state index contributed by atoms with van der Waals surface area (Å²) in [7, 11) is 1.74. The van der Waals surface area contributed by atoms with Crippen LogP contribution in [0.15, 0.2) is 18.3 Å². The molecule has 130 valence electrons. The third-order valence-electron chi connectivity index (χ3n) is 5.57. The molecule has 1 aromatic heterocycles. The third-order valence-corrected chi connectivity index (χ3v) is 5.57. The molecule has 2 atom stereocenters. The maximum Gasteiger partial charge on any atom is 0.226 e. The van der Waals surface area contributed by atoms with Crippen molar-refractivity contribution in [2.75, 3.05) is 20.3 Å². The van der Waals surface area contributed by atoms with E-state index >= 15 is 0 Å². The smallest absolute Gasteiger partial charge is 0.226 e. The molecule has 1 saturated carbocycles. The van der Waals surface area contributed by atoms with Crippen molar-refractivity contribution in [1.82, 2.24) is 14.7 Å². The Hall–Kier alpha value is -1.62. The minimum absolute atomic E-state index is 0.154. The molecule has 0 N–H and O–H groups in total. The van der Waals surface area contributed by atoms with Gasteiger partial charge in [0.2, 0.25) is 5.91 Å². The Labute approximate surface area is 143 Å². The van der Waals surface area contributed by atoms with Gasteiger partial charge in [0.15, 0.2) is 0 Å². The molecule has 5 nitrogen and oxygen atoms in total. The first-order valence-electron chi connectivity index (χ1n) is 9.23. The number of hydrogen-bond donors (Lipinski definition) is 0. The number of aromatic nitrogens is 2. The molecule has 3 aliphatic rings. The van der Waals surface area contributed by atoms with Gasteiger partial charge in [-0.15, -0.1) is 0 Å².